The summed E-state index contributed by atoms with van der Waals surface area (Å²) in [4.78, 5) is 0.385. The number of hydrogen-bond acceptors (Lipinski definition) is 4. The summed E-state index contributed by atoms with van der Waals surface area (Å²) in [5.41, 5.74) is 6.85. The molecule has 2 unspecified atom stereocenters. The average molecular weight is 312 g/mol. The SMILES string of the molecule is Cc1nn(CCN)c(C)c1S(=O)(=O)N1CC2CCCC2C1. The number of fused-ring (bicyclic) bond motifs is 1. The Hall–Kier alpha value is -0.920. The summed E-state index contributed by atoms with van der Waals surface area (Å²) in [5, 5.41) is 4.34. The Morgan fingerprint density at radius 2 is 1.86 bits per heavy atom. The summed E-state index contributed by atoms with van der Waals surface area (Å²) < 4.78 is 29.3. The fraction of sp³-hybridized carbons (Fsp3) is 0.786. The summed E-state index contributed by atoms with van der Waals surface area (Å²) in [6.07, 6.45) is 3.58. The van der Waals surface area contributed by atoms with Crippen molar-refractivity contribution in [3.05, 3.63) is 11.4 Å². The Labute approximate surface area is 126 Å². The first-order valence-corrected chi connectivity index (χ1v) is 9.13. The molecule has 3 rings (SSSR count). The van der Waals surface area contributed by atoms with E-state index in [1.165, 1.54) is 19.3 Å². The zero-order valence-electron chi connectivity index (χ0n) is 12.7. The normalized spacial score (nSPS) is 26.4. The van der Waals surface area contributed by atoms with Crippen LogP contribution in [-0.4, -0.2) is 42.1 Å². The molecule has 0 radical (unpaired) electrons. The fourth-order valence-corrected chi connectivity index (χ4v) is 5.84. The molecule has 2 aliphatic rings. The maximum atomic E-state index is 13.0. The van der Waals surface area contributed by atoms with Crippen LogP contribution in [0.3, 0.4) is 0 Å². The average Bonchev–Trinajstić information content (AvgIpc) is 3.04. The number of hydrogen-bond donors (Lipinski definition) is 1. The van der Waals surface area contributed by atoms with Gasteiger partial charge in [0.2, 0.25) is 10.0 Å². The lowest BCUT2D eigenvalue weighted by atomic mass is 10.0. The van der Waals surface area contributed by atoms with E-state index < -0.39 is 10.0 Å². The van der Waals surface area contributed by atoms with Gasteiger partial charge in [0.1, 0.15) is 4.90 Å². The highest BCUT2D eigenvalue weighted by molar-refractivity contribution is 7.89. The van der Waals surface area contributed by atoms with E-state index in [0.29, 0.717) is 54.3 Å². The van der Waals surface area contributed by atoms with Crippen LogP contribution in [0.5, 0.6) is 0 Å². The van der Waals surface area contributed by atoms with Gasteiger partial charge in [0.15, 0.2) is 0 Å². The maximum absolute atomic E-state index is 13.0. The summed E-state index contributed by atoms with van der Waals surface area (Å²) in [5.74, 6) is 1.11. The van der Waals surface area contributed by atoms with Gasteiger partial charge in [-0.25, -0.2) is 8.42 Å². The molecule has 2 heterocycles. The van der Waals surface area contributed by atoms with Gasteiger partial charge in [-0.3, -0.25) is 4.68 Å². The molecular weight excluding hydrogens is 288 g/mol. The van der Waals surface area contributed by atoms with Crippen molar-refractivity contribution in [3.8, 4) is 0 Å². The molecular formula is C14H24N4O2S. The Morgan fingerprint density at radius 1 is 1.24 bits per heavy atom. The monoisotopic (exact) mass is 312 g/mol. The maximum Gasteiger partial charge on any atom is 0.246 e. The van der Waals surface area contributed by atoms with E-state index in [2.05, 4.69) is 5.10 Å². The van der Waals surface area contributed by atoms with Gasteiger partial charge in [0, 0.05) is 19.6 Å². The zero-order chi connectivity index (χ0) is 15.2. The molecule has 1 saturated heterocycles. The second kappa shape index (κ2) is 5.37. The first-order valence-electron chi connectivity index (χ1n) is 7.69. The lowest BCUT2D eigenvalue weighted by Gasteiger charge is -2.17. The molecule has 1 aliphatic carbocycles. The van der Waals surface area contributed by atoms with Gasteiger partial charge in [-0.1, -0.05) is 6.42 Å². The zero-order valence-corrected chi connectivity index (χ0v) is 13.6. The van der Waals surface area contributed by atoms with Gasteiger partial charge in [-0.05, 0) is 38.5 Å². The third-order valence-corrected chi connectivity index (χ3v) is 7.03. The molecule has 1 saturated carbocycles. The summed E-state index contributed by atoms with van der Waals surface area (Å²) in [6, 6.07) is 0. The van der Waals surface area contributed by atoms with Crippen LogP contribution in [0.2, 0.25) is 0 Å². The van der Waals surface area contributed by atoms with E-state index in [0.717, 1.165) is 0 Å². The molecule has 7 heteroatoms. The predicted octanol–water partition coefficient (Wildman–Crippen LogP) is 0.879. The molecule has 0 bridgehead atoms. The third kappa shape index (κ3) is 2.41. The number of aromatic nitrogens is 2. The summed E-state index contributed by atoms with van der Waals surface area (Å²) >= 11 is 0. The van der Waals surface area contributed by atoms with Gasteiger partial charge >= 0.3 is 0 Å². The third-order valence-electron chi connectivity index (χ3n) is 4.95. The topological polar surface area (TPSA) is 81.2 Å². The van der Waals surface area contributed by atoms with Crippen LogP contribution in [0.15, 0.2) is 4.90 Å². The van der Waals surface area contributed by atoms with Crippen molar-refractivity contribution in [1.82, 2.24) is 14.1 Å². The van der Waals surface area contributed by atoms with Crippen LogP contribution in [0.25, 0.3) is 0 Å². The van der Waals surface area contributed by atoms with Gasteiger partial charge < -0.3 is 5.73 Å². The Morgan fingerprint density at radius 3 is 2.43 bits per heavy atom. The van der Waals surface area contributed by atoms with E-state index in [9.17, 15) is 8.42 Å². The smallest absolute Gasteiger partial charge is 0.246 e. The Kier molecular flexibility index (Phi) is 3.83. The molecule has 1 aromatic heterocycles. The van der Waals surface area contributed by atoms with E-state index in [4.69, 9.17) is 5.73 Å². The molecule has 6 nitrogen and oxygen atoms in total. The fourth-order valence-electron chi connectivity index (χ4n) is 3.91. The number of nitrogens with two attached hydrogens (primary N) is 1. The minimum atomic E-state index is -3.43. The van der Waals surface area contributed by atoms with Gasteiger partial charge in [-0.2, -0.15) is 9.40 Å². The van der Waals surface area contributed by atoms with Crippen LogP contribution in [0.1, 0.15) is 30.7 Å². The van der Waals surface area contributed by atoms with Crippen LogP contribution in [0, 0.1) is 25.7 Å². The Bertz CT molecular complexity index is 626. The molecule has 0 amide bonds. The van der Waals surface area contributed by atoms with Crippen molar-refractivity contribution in [2.75, 3.05) is 19.6 Å². The molecule has 21 heavy (non-hydrogen) atoms. The lowest BCUT2D eigenvalue weighted by molar-refractivity contribution is 0.444. The number of nitrogens with zero attached hydrogens (tertiary/aromatic N) is 3. The highest BCUT2D eigenvalue weighted by Crippen LogP contribution is 2.40. The first kappa shape index (κ1) is 15.0. The van der Waals surface area contributed by atoms with Crippen LogP contribution >= 0.6 is 0 Å². The van der Waals surface area contributed by atoms with Gasteiger partial charge in [0.25, 0.3) is 0 Å². The van der Waals surface area contributed by atoms with E-state index in [1.54, 1.807) is 15.9 Å². The second-order valence-corrected chi connectivity index (χ2v) is 8.16. The van der Waals surface area contributed by atoms with Crippen LogP contribution in [-0.2, 0) is 16.6 Å². The highest BCUT2D eigenvalue weighted by atomic mass is 32.2. The van der Waals surface area contributed by atoms with E-state index in [-0.39, 0.29) is 0 Å². The largest absolute Gasteiger partial charge is 0.329 e. The van der Waals surface area contributed by atoms with Crippen molar-refractivity contribution in [1.29, 1.82) is 0 Å². The van der Waals surface area contributed by atoms with Gasteiger partial charge in [0.05, 0.1) is 17.9 Å². The van der Waals surface area contributed by atoms with Crippen molar-refractivity contribution >= 4 is 10.0 Å². The molecule has 118 valence electrons. The predicted molar refractivity (Wildman–Crippen MR) is 80.3 cm³/mol. The highest BCUT2D eigenvalue weighted by Gasteiger charge is 2.42. The molecule has 1 aromatic rings. The number of rotatable bonds is 4. The number of aryl methyl sites for hydroxylation is 1. The standard InChI is InChI=1S/C14H24N4O2S/c1-10-14(11(2)18(16-10)7-6-15)21(19,20)17-8-12-4-3-5-13(12)9-17/h12-13H,3-9,15H2,1-2H3. The van der Waals surface area contributed by atoms with Gasteiger partial charge in [-0.15, -0.1) is 0 Å². The Balaban J connectivity index is 1.92. The minimum absolute atomic E-state index is 0.385. The summed E-state index contributed by atoms with van der Waals surface area (Å²) in [6.45, 7) is 5.94. The van der Waals surface area contributed by atoms with Crippen molar-refractivity contribution in [2.24, 2.45) is 17.6 Å². The number of sulfonamides is 1. The lowest BCUT2D eigenvalue weighted by Crippen LogP contribution is -2.30. The molecule has 0 spiro atoms. The minimum Gasteiger partial charge on any atom is -0.329 e. The quantitative estimate of drug-likeness (QED) is 0.895. The molecule has 2 atom stereocenters. The van der Waals surface area contributed by atoms with Crippen molar-refractivity contribution in [3.63, 3.8) is 0 Å². The van der Waals surface area contributed by atoms with E-state index >= 15 is 0 Å². The molecule has 0 aromatic carbocycles. The summed E-state index contributed by atoms with van der Waals surface area (Å²) in [7, 11) is -3.43. The van der Waals surface area contributed by atoms with Crippen molar-refractivity contribution in [2.45, 2.75) is 44.6 Å². The first-order chi connectivity index (χ1) is 9.95. The van der Waals surface area contributed by atoms with Crippen LogP contribution < -0.4 is 5.73 Å². The van der Waals surface area contributed by atoms with E-state index in [1.807, 2.05) is 6.92 Å². The second-order valence-electron chi connectivity index (χ2n) is 6.28. The molecule has 2 fully saturated rings. The van der Waals surface area contributed by atoms with Crippen molar-refractivity contribution < 1.29 is 8.42 Å². The molecule has 2 N–H and O–H groups in total. The van der Waals surface area contributed by atoms with Crippen LogP contribution in [0.4, 0.5) is 0 Å². The molecule has 1 aliphatic heterocycles.